The Hall–Kier alpha value is -1.85. The number of ether oxygens (including phenoxy) is 1. The monoisotopic (exact) mass is 337 g/mol. The van der Waals surface area contributed by atoms with Gasteiger partial charge in [0.2, 0.25) is 0 Å². The number of halogens is 1. The molecule has 0 radical (unpaired) electrons. The van der Waals surface area contributed by atoms with E-state index in [1.54, 1.807) is 24.3 Å². The van der Waals surface area contributed by atoms with Crippen LogP contribution in [0.15, 0.2) is 24.3 Å². The van der Waals surface area contributed by atoms with Crippen molar-refractivity contribution in [1.29, 1.82) is 0 Å². The third-order valence-electron chi connectivity index (χ3n) is 3.07. The largest absolute Gasteiger partial charge is 0.452 e. The third-order valence-corrected chi connectivity index (χ3v) is 4.27. The highest BCUT2D eigenvalue weighted by Gasteiger charge is 2.15. The Balaban J connectivity index is 1.94. The molecule has 2 rings (SSSR count). The fourth-order valence-corrected chi connectivity index (χ4v) is 3.04. The lowest BCUT2D eigenvalue weighted by molar-refractivity contribution is -0.119. The van der Waals surface area contributed by atoms with Crippen LogP contribution in [0.5, 0.6) is 0 Å². The van der Waals surface area contributed by atoms with Crippen LogP contribution < -0.4 is 5.32 Å². The first-order valence-electron chi connectivity index (χ1n) is 6.67. The van der Waals surface area contributed by atoms with Crippen molar-refractivity contribution in [2.24, 2.45) is 0 Å². The molecule has 0 aliphatic carbocycles. The summed E-state index contributed by atoms with van der Waals surface area (Å²) in [6.07, 6.45) is 0. The van der Waals surface area contributed by atoms with E-state index in [0.717, 1.165) is 15.3 Å². The number of hydrogen-bond donors (Lipinski definition) is 1. The van der Waals surface area contributed by atoms with Crippen LogP contribution in [-0.2, 0) is 9.53 Å². The number of esters is 1. The number of benzene rings is 1. The Morgan fingerprint density at radius 3 is 2.59 bits per heavy atom. The van der Waals surface area contributed by atoms with Gasteiger partial charge in [-0.3, -0.25) is 4.79 Å². The van der Waals surface area contributed by atoms with Crippen molar-refractivity contribution >= 4 is 40.5 Å². The predicted molar refractivity (Wildman–Crippen MR) is 88.9 cm³/mol. The average Bonchev–Trinajstić information content (AvgIpc) is 2.79. The van der Waals surface area contributed by atoms with Gasteiger partial charge in [-0.05, 0) is 44.5 Å². The lowest BCUT2D eigenvalue weighted by Gasteiger charge is -2.09. The van der Waals surface area contributed by atoms with Gasteiger partial charge < -0.3 is 10.1 Å². The van der Waals surface area contributed by atoms with Crippen LogP contribution in [0.4, 0.5) is 5.69 Å². The molecule has 0 aliphatic rings. The Labute approximate surface area is 138 Å². The molecule has 2 aromatic rings. The summed E-state index contributed by atoms with van der Waals surface area (Å²) in [6, 6.07) is 6.97. The summed E-state index contributed by atoms with van der Waals surface area (Å²) in [4.78, 5) is 25.7. The minimum Gasteiger partial charge on any atom is -0.452 e. The summed E-state index contributed by atoms with van der Waals surface area (Å²) in [6.45, 7) is 5.29. The molecule has 4 nitrogen and oxygen atoms in total. The van der Waals surface area contributed by atoms with Crippen LogP contribution in [0.25, 0.3) is 0 Å². The topological polar surface area (TPSA) is 55.4 Å². The maximum atomic E-state index is 11.9. The van der Waals surface area contributed by atoms with Gasteiger partial charge in [0.25, 0.3) is 5.91 Å². The van der Waals surface area contributed by atoms with Crippen LogP contribution in [0, 0.1) is 20.8 Å². The Kier molecular flexibility index (Phi) is 5.21. The van der Waals surface area contributed by atoms with Gasteiger partial charge >= 0.3 is 5.97 Å². The Morgan fingerprint density at radius 2 is 1.95 bits per heavy atom. The van der Waals surface area contributed by atoms with E-state index in [4.69, 9.17) is 16.3 Å². The molecule has 0 bridgehead atoms. The van der Waals surface area contributed by atoms with E-state index in [-0.39, 0.29) is 6.61 Å². The van der Waals surface area contributed by atoms with E-state index in [0.29, 0.717) is 16.3 Å². The normalized spacial score (nSPS) is 10.4. The van der Waals surface area contributed by atoms with E-state index >= 15 is 0 Å². The summed E-state index contributed by atoms with van der Waals surface area (Å²) in [5, 5.41) is 3.21. The minimum atomic E-state index is -0.486. The van der Waals surface area contributed by atoms with Gasteiger partial charge in [0.05, 0.1) is 5.56 Å². The number of aryl methyl sites for hydroxylation is 3. The first-order chi connectivity index (χ1) is 10.4. The number of amides is 1. The van der Waals surface area contributed by atoms with E-state index in [1.165, 1.54) is 11.3 Å². The molecule has 1 N–H and O–H groups in total. The maximum absolute atomic E-state index is 11.9. The maximum Gasteiger partial charge on any atom is 0.339 e. The zero-order valence-corrected chi connectivity index (χ0v) is 14.1. The van der Waals surface area contributed by atoms with Gasteiger partial charge in [-0.25, -0.2) is 4.79 Å². The molecule has 1 amide bonds. The van der Waals surface area contributed by atoms with Gasteiger partial charge in [0.15, 0.2) is 6.61 Å². The quantitative estimate of drug-likeness (QED) is 0.854. The lowest BCUT2D eigenvalue weighted by atomic mass is 10.2. The molecule has 1 aromatic heterocycles. The number of thiophene rings is 1. The summed E-state index contributed by atoms with van der Waals surface area (Å²) < 4.78 is 5.05. The van der Waals surface area contributed by atoms with Crippen LogP contribution >= 0.6 is 22.9 Å². The number of carbonyl (C=O) groups is 2. The van der Waals surface area contributed by atoms with Gasteiger partial charge in [-0.1, -0.05) is 17.7 Å². The van der Waals surface area contributed by atoms with Crippen molar-refractivity contribution in [3.05, 3.63) is 50.2 Å². The Morgan fingerprint density at radius 1 is 1.23 bits per heavy atom. The van der Waals surface area contributed by atoms with Crippen LogP contribution in [0.1, 0.15) is 25.7 Å². The van der Waals surface area contributed by atoms with Gasteiger partial charge in [-0.2, -0.15) is 0 Å². The van der Waals surface area contributed by atoms with Crippen molar-refractivity contribution in [1.82, 2.24) is 0 Å². The second kappa shape index (κ2) is 6.94. The molecule has 6 heteroatoms. The highest BCUT2D eigenvalue weighted by Crippen LogP contribution is 2.22. The van der Waals surface area contributed by atoms with Crippen molar-refractivity contribution in [2.45, 2.75) is 20.8 Å². The Bertz CT molecular complexity index is 724. The summed E-state index contributed by atoms with van der Waals surface area (Å²) in [5.41, 5.74) is 2.00. The van der Waals surface area contributed by atoms with E-state index < -0.39 is 11.9 Å². The molecule has 1 heterocycles. The SMILES string of the molecule is Cc1cc(C(=O)OCC(=O)Nc2cc(Cl)ccc2C)c(C)s1. The van der Waals surface area contributed by atoms with Crippen LogP contribution in [-0.4, -0.2) is 18.5 Å². The molecule has 1 aromatic carbocycles. The number of rotatable bonds is 4. The van der Waals surface area contributed by atoms with Crippen LogP contribution in [0.3, 0.4) is 0 Å². The second-order valence-corrected chi connectivity index (χ2v) is 6.81. The standard InChI is InChI=1S/C16H16ClNO3S/c1-9-4-5-12(17)7-14(9)18-15(19)8-21-16(20)13-6-10(2)22-11(13)3/h4-7H,8H2,1-3H3,(H,18,19). The molecule has 0 atom stereocenters. The van der Waals surface area contributed by atoms with Gasteiger partial charge in [0.1, 0.15) is 0 Å². The smallest absolute Gasteiger partial charge is 0.339 e. The summed E-state index contributed by atoms with van der Waals surface area (Å²) in [5.74, 6) is -0.886. The first kappa shape index (κ1) is 16.5. The lowest BCUT2D eigenvalue weighted by Crippen LogP contribution is -2.21. The number of hydrogen-bond acceptors (Lipinski definition) is 4. The van der Waals surface area contributed by atoms with Gasteiger partial charge in [0, 0.05) is 20.5 Å². The molecule has 0 fully saturated rings. The van der Waals surface area contributed by atoms with Gasteiger partial charge in [-0.15, -0.1) is 11.3 Å². The van der Waals surface area contributed by atoms with Crippen LogP contribution in [0.2, 0.25) is 5.02 Å². The van der Waals surface area contributed by atoms with E-state index in [1.807, 2.05) is 20.8 Å². The fourth-order valence-electron chi connectivity index (χ4n) is 1.96. The molecule has 0 unspecified atom stereocenters. The van der Waals surface area contributed by atoms with Crippen molar-refractivity contribution < 1.29 is 14.3 Å². The highest BCUT2D eigenvalue weighted by molar-refractivity contribution is 7.12. The van der Waals surface area contributed by atoms with Crippen molar-refractivity contribution in [2.75, 3.05) is 11.9 Å². The van der Waals surface area contributed by atoms with Crippen molar-refractivity contribution in [3.8, 4) is 0 Å². The fraction of sp³-hybridized carbons (Fsp3) is 0.250. The minimum absolute atomic E-state index is 0.334. The average molecular weight is 338 g/mol. The zero-order valence-electron chi connectivity index (χ0n) is 12.5. The molecule has 0 spiro atoms. The summed E-state index contributed by atoms with van der Waals surface area (Å²) >= 11 is 7.41. The predicted octanol–water partition coefficient (Wildman–Crippen LogP) is 4.12. The first-order valence-corrected chi connectivity index (χ1v) is 7.86. The number of anilines is 1. The number of carbonyl (C=O) groups excluding carboxylic acids is 2. The molecule has 0 saturated carbocycles. The zero-order chi connectivity index (χ0) is 16.3. The molecule has 0 saturated heterocycles. The molecular weight excluding hydrogens is 322 g/mol. The third kappa shape index (κ3) is 4.08. The molecular formula is C16H16ClNO3S. The second-order valence-electron chi connectivity index (χ2n) is 4.91. The van der Waals surface area contributed by atoms with Crippen molar-refractivity contribution in [3.63, 3.8) is 0 Å². The molecule has 116 valence electrons. The highest BCUT2D eigenvalue weighted by atomic mass is 35.5. The van der Waals surface area contributed by atoms with E-state index in [9.17, 15) is 9.59 Å². The summed E-state index contributed by atoms with van der Waals surface area (Å²) in [7, 11) is 0. The number of nitrogens with one attached hydrogen (secondary N) is 1. The molecule has 22 heavy (non-hydrogen) atoms. The van der Waals surface area contributed by atoms with E-state index in [2.05, 4.69) is 5.32 Å². The molecule has 0 aliphatic heterocycles.